The maximum atomic E-state index is 13.9. The molecule has 2 aromatic carbocycles. The van der Waals surface area contributed by atoms with Crippen LogP contribution in [-0.4, -0.2) is 49.4 Å². The molecule has 3 aromatic rings. The lowest BCUT2D eigenvalue weighted by atomic mass is 9.65. The standard InChI is InChI=1S/C30H33F9N6O/c1-3-24(45-16-27(17-45)9-5-4-6-25(27)46)23-8-7-20(28(31,32)33)12-19(23)15-44(26-40-42-43(2)41-26)14-18-10-21(29(34,35)36)13-22(11-18)30(37,38)39/h7-8,10-13,24-25,46H,3-6,9,14-17H2,1-2H3/t24?,25-/m1/s1. The highest BCUT2D eigenvalue weighted by molar-refractivity contribution is 5.42. The molecule has 0 radical (unpaired) electrons. The number of aromatic nitrogens is 4. The lowest BCUT2D eigenvalue weighted by molar-refractivity contribution is -0.143. The normalized spacial score (nSPS) is 19.7. The molecular formula is C30H33F9N6O. The number of rotatable bonds is 8. The van der Waals surface area contributed by atoms with E-state index in [1.165, 1.54) is 18.0 Å². The van der Waals surface area contributed by atoms with Crippen LogP contribution in [0.2, 0.25) is 0 Å². The van der Waals surface area contributed by atoms with Crippen molar-refractivity contribution in [3.8, 4) is 0 Å². The molecule has 1 saturated heterocycles. The summed E-state index contributed by atoms with van der Waals surface area (Å²) in [6.07, 6.45) is -11.5. The number of nitrogens with zero attached hydrogens (tertiary/aromatic N) is 6. The molecule has 2 atom stereocenters. The summed E-state index contributed by atoms with van der Waals surface area (Å²) in [5, 5.41) is 22.3. The van der Waals surface area contributed by atoms with Crippen LogP contribution in [0.1, 0.15) is 78.5 Å². The molecule has 1 aliphatic carbocycles. The van der Waals surface area contributed by atoms with E-state index in [0.717, 1.165) is 36.2 Å². The molecule has 1 N–H and O–H groups in total. The van der Waals surface area contributed by atoms with E-state index in [9.17, 15) is 44.6 Å². The number of likely N-dealkylation sites (tertiary alicyclic amines) is 1. The first kappa shape index (κ1) is 33.9. The van der Waals surface area contributed by atoms with Gasteiger partial charge in [-0.05, 0) is 71.5 Å². The fraction of sp³-hybridized carbons (Fsp3) is 0.567. The number of alkyl halides is 9. The van der Waals surface area contributed by atoms with E-state index in [-0.39, 0.29) is 35.6 Å². The Morgan fingerprint density at radius 3 is 2.04 bits per heavy atom. The summed E-state index contributed by atoms with van der Waals surface area (Å²) in [7, 11) is 1.39. The summed E-state index contributed by atoms with van der Waals surface area (Å²) < 4.78 is 123. The van der Waals surface area contributed by atoms with E-state index in [0.29, 0.717) is 43.6 Å². The molecule has 2 heterocycles. The Hall–Kier alpha value is -3.40. The maximum absolute atomic E-state index is 13.9. The van der Waals surface area contributed by atoms with Crippen LogP contribution < -0.4 is 4.90 Å². The first-order valence-electron chi connectivity index (χ1n) is 14.8. The number of hydrogen-bond acceptors (Lipinski definition) is 6. The molecule has 16 heteroatoms. The van der Waals surface area contributed by atoms with Gasteiger partial charge in [0.15, 0.2) is 0 Å². The van der Waals surface area contributed by atoms with Crippen LogP contribution in [0.3, 0.4) is 0 Å². The molecule has 252 valence electrons. The minimum Gasteiger partial charge on any atom is -0.392 e. The number of halogens is 9. The van der Waals surface area contributed by atoms with Gasteiger partial charge in [0.2, 0.25) is 0 Å². The van der Waals surface area contributed by atoms with Gasteiger partial charge in [-0.3, -0.25) is 4.90 Å². The first-order valence-corrected chi connectivity index (χ1v) is 14.8. The van der Waals surface area contributed by atoms with Gasteiger partial charge in [0.05, 0.1) is 29.8 Å². The van der Waals surface area contributed by atoms with Gasteiger partial charge in [0.25, 0.3) is 5.95 Å². The lowest BCUT2D eigenvalue weighted by Gasteiger charge is -2.57. The zero-order chi connectivity index (χ0) is 33.7. The summed E-state index contributed by atoms with van der Waals surface area (Å²) in [4.78, 5) is 4.32. The quantitative estimate of drug-likeness (QED) is 0.258. The van der Waals surface area contributed by atoms with E-state index in [1.54, 1.807) is 0 Å². The van der Waals surface area contributed by atoms with Crippen LogP contribution in [-0.2, 0) is 38.7 Å². The maximum Gasteiger partial charge on any atom is 0.416 e. The highest BCUT2D eigenvalue weighted by Crippen LogP contribution is 2.48. The summed E-state index contributed by atoms with van der Waals surface area (Å²) in [6, 6.07) is 4.04. The zero-order valence-electron chi connectivity index (χ0n) is 25.0. The van der Waals surface area contributed by atoms with Crippen LogP contribution in [0.5, 0.6) is 0 Å². The smallest absolute Gasteiger partial charge is 0.392 e. The van der Waals surface area contributed by atoms with Gasteiger partial charge in [0, 0.05) is 37.6 Å². The number of aliphatic hydroxyl groups is 1. The van der Waals surface area contributed by atoms with E-state index in [2.05, 4.69) is 20.3 Å². The second kappa shape index (κ2) is 12.3. The van der Waals surface area contributed by atoms with Crippen molar-refractivity contribution in [3.63, 3.8) is 0 Å². The molecule has 0 bridgehead atoms. The van der Waals surface area contributed by atoms with Crippen molar-refractivity contribution in [1.82, 2.24) is 25.1 Å². The molecule has 1 aromatic heterocycles. The van der Waals surface area contributed by atoms with Gasteiger partial charge in [-0.15, -0.1) is 5.10 Å². The van der Waals surface area contributed by atoms with E-state index in [1.807, 2.05) is 6.92 Å². The number of aliphatic hydroxyl groups excluding tert-OH is 1. The van der Waals surface area contributed by atoms with Crippen LogP contribution in [0.25, 0.3) is 0 Å². The van der Waals surface area contributed by atoms with Gasteiger partial charge in [-0.2, -0.15) is 44.3 Å². The number of anilines is 1. The average Bonchev–Trinajstić information content (AvgIpc) is 3.38. The minimum atomic E-state index is -5.09. The Kier molecular flexibility index (Phi) is 9.09. The number of tetrazole rings is 1. The van der Waals surface area contributed by atoms with Gasteiger partial charge in [-0.25, -0.2) is 0 Å². The monoisotopic (exact) mass is 664 g/mol. The summed E-state index contributed by atoms with van der Waals surface area (Å²) in [5.41, 5.74) is -4.02. The molecule has 46 heavy (non-hydrogen) atoms. The lowest BCUT2D eigenvalue weighted by Crippen LogP contribution is -2.63. The topological polar surface area (TPSA) is 70.3 Å². The van der Waals surface area contributed by atoms with Crippen molar-refractivity contribution < 1.29 is 44.6 Å². The third kappa shape index (κ3) is 7.11. The van der Waals surface area contributed by atoms with Crippen LogP contribution in [0, 0.1) is 5.41 Å². The second-order valence-corrected chi connectivity index (χ2v) is 12.2. The Labute approximate surface area is 259 Å². The average molecular weight is 665 g/mol. The predicted octanol–water partition coefficient (Wildman–Crippen LogP) is 7.16. The van der Waals surface area contributed by atoms with Gasteiger partial charge in [-0.1, -0.05) is 30.9 Å². The molecule has 1 saturated carbocycles. The van der Waals surface area contributed by atoms with Crippen molar-refractivity contribution in [1.29, 1.82) is 0 Å². The van der Waals surface area contributed by atoms with Gasteiger partial charge < -0.3 is 10.0 Å². The largest absolute Gasteiger partial charge is 0.416 e. The van der Waals surface area contributed by atoms with Crippen molar-refractivity contribution in [3.05, 3.63) is 69.8 Å². The molecule has 7 nitrogen and oxygen atoms in total. The molecule has 1 aliphatic heterocycles. The fourth-order valence-corrected chi connectivity index (χ4v) is 6.69. The molecule has 2 aliphatic rings. The molecule has 2 fully saturated rings. The minimum absolute atomic E-state index is 0.00819. The van der Waals surface area contributed by atoms with Crippen LogP contribution in [0.15, 0.2) is 36.4 Å². The van der Waals surface area contributed by atoms with Crippen LogP contribution >= 0.6 is 0 Å². The molecule has 1 spiro atoms. The third-order valence-corrected chi connectivity index (χ3v) is 8.96. The molecule has 1 unspecified atom stereocenters. The van der Waals surface area contributed by atoms with E-state index in [4.69, 9.17) is 0 Å². The molecular weight excluding hydrogens is 631 g/mol. The molecule has 5 rings (SSSR count). The van der Waals surface area contributed by atoms with Crippen molar-refractivity contribution in [2.45, 2.75) is 82.8 Å². The third-order valence-electron chi connectivity index (χ3n) is 8.96. The van der Waals surface area contributed by atoms with Crippen molar-refractivity contribution in [2.75, 3.05) is 18.0 Å². The number of benzene rings is 2. The van der Waals surface area contributed by atoms with Crippen molar-refractivity contribution >= 4 is 5.95 Å². The van der Waals surface area contributed by atoms with E-state index < -0.39 is 53.4 Å². The van der Waals surface area contributed by atoms with Crippen molar-refractivity contribution in [2.24, 2.45) is 12.5 Å². The highest BCUT2D eigenvalue weighted by atomic mass is 19.4. The zero-order valence-corrected chi connectivity index (χ0v) is 25.0. The Morgan fingerprint density at radius 1 is 0.891 bits per heavy atom. The summed E-state index contributed by atoms with van der Waals surface area (Å²) in [5.74, 6) is -0.196. The van der Waals surface area contributed by atoms with Crippen LogP contribution in [0.4, 0.5) is 45.5 Å². The highest BCUT2D eigenvalue weighted by Gasteiger charge is 2.51. The Bertz CT molecular complexity index is 1500. The number of hydrogen-bond donors (Lipinski definition) is 1. The first-order chi connectivity index (χ1) is 21.4. The molecule has 0 amide bonds. The SMILES string of the molecule is CCC(c1ccc(C(F)(F)F)cc1CN(Cc1cc(C(F)(F)F)cc(C(F)(F)F)c1)c1nnn(C)n1)N1CC2(CCCC[C@H]2O)C1. The summed E-state index contributed by atoms with van der Waals surface area (Å²) >= 11 is 0. The Balaban J connectivity index is 1.54. The van der Waals surface area contributed by atoms with Gasteiger partial charge in [0.1, 0.15) is 0 Å². The number of aryl methyl sites for hydroxylation is 1. The van der Waals surface area contributed by atoms with E-state index >= 15 is 0 Å². The Morgan fingerprint density at radius 2 is 1.52 bits per heavy atom. The predicted molar refractivity (Wildman–Crippen MR) is 148 cm³/mol. The second-order valence-electron chi connectivity index (χ2n) is 12.2. The fourth-order valence-electron chi connectivity index (χ4n) is 6.69. The van der Waals surface area contributed by atoms with Gasteiger partial charge >= 0.3 is 18.5 Å². The summed E-state index contributed by atoms with van der Waals surface area (Å²) in [6.45, 7) is 2.00.